The van der Waals surface area contributed by atoms with Gasteiger partial charge in [0.15, 0.2) is 5.78 Å². The average Bonchev–Trinajstić information content (AvgIpc) is 3.23. The highest BCUT2D eigenvalue weighted by Gasteiger charge is 2.44. The number of ketones is 1. The van der Waals surface area contributed by atoms with Gasteiger partial charge in [0.25, 0.3) is 5.91 Å². The molecule has 0 saturated carbocycles. The molecule has 1 aromatic rings. The molecule has 0 bridgehead atoms. The van der Waals surface area contributed by atoms with Crippen LogP contribution in [0.25, 0.3) is 0 Å². The summed E-state index contributed by atoms with van der Waals surface area (Å²) in [5.41, 5.74) is 0.508. The first-order valence-electron chi connectivity index (χ1n) is 8.63. The number of Topliss-reactive ketones (excluding diaryl/α,β-unsaturated/α-hetero) is 1. The summed E-state index contributed by atoms with van der Waals surface area (Å²) in [6.45, 7) is 0.990. The number of amides is 1. The summed E-state index contributed by atoms with van der Waals surface area (Å²) in [6.07, 6.45) is 2.97. The maximum Gasteiger partial charge on any atom is 0.308 e. The molecule has 8 heteroatoms. The van der Waals surface area contributed by atoms with Crippen molar-refractivity contribution in [1.82, 2.24) is 4.90 Å². The van der Waals surface area contributed by atoms with Crippen LogP contribution in [0.15, 0.2) is 35.4 Å². The molecule has 0 aliphatic carbocycles. The Morgan fingerprint density at radius 2 is 2.11 bits per heavy atom. The van der Waals surface area contributed by atoms with E-state index in [1.807, 2.05) is 0 Å². The number of carboxylic acid groups (broad SMARTS) is 1. The number of hydrogen-bond donors (Lipinski definition) is 1. The lowest BCUT2D eigenvalue weighted by molar-refractivity contribution is -0.137. The highest BCUT2D eigenvalue weighted by Crippen LogP contribution is 2.37. The maximum absolute atomic E-state index is 13.2. The molecule has 0 spiro atoms. The molecule has 1 aromatic carbocycles. The van der Waals surface area contributed by atoms with Gasteiger partial charge in [-0.3, -0.25) is 14.4 Å². The molecule has 2 atom stereocenters. The third kappa shape index (κ3) is 4.05. The molecule has 3 rings (SSSR count). The minimum absolute atomic E-state index is 0.0322. The second-order valence-corrected chi connectivity index (χ2v) is 7.78. The van der Waals surface area contributed by atoms with Crippen LogP contribution in [0.2, 0.25) is 5.02 Å². The molecule has 2 aliphatic rings. The van der Waals surface area contributed by atoms with Gasteiger partial charge in [0, 0.05) is 29.9 Å². The van der Waals surface area contributed by atoms with E-state index >= 15 is 0 Å². The molecule has 1 N–H and O–H groups in total. The summed E-state index contributed by atoms with van der Waals surface area (Å²) >= 11 is 7.50. The summed E-state index contributed by atoms with van der Waals surface area (Å²) in [5, 5.41) is 8.99. The zero-order valence-corrected chi connectivity index (χ0v) is 16.4. The first-order chi connectivity index (χ1) is 12.9. The van der Waals surface area contributed by atoms with Crippen molar-refractivity contribution in [3.8, 4) is 0 Å². The van der Waals surface area contributed by atoms with Crippen LogP contribution in [0.4, 0.5) is 0 Å². The van der Waals surface area contributed by atoms with Gasteiger partial charge in [-0.2, -0.15) is 0 Å². The number of benzene rings is 1. The Balaban J connectivity index is 2.00. The van der Waals surface area contributed by atoms with Gasteiger partial charge in [0.05, 0.1) is 17.5 Å². The van der Waals surface area contributed by atoms with Crippen molar-refractivity contribution in [3.63, 3.8) is 0 Å². The number of aliphatic carboxylic acids is 1. The second kappa shape index (κ2) is 8.46. The van der Waals surface area contributed by atoms with E-state index in [2.05, 4.69) is 0 Å². The molecular formula is C19H20ClNO5S. The van der Waals surface area contributed by atoms with Crippen molar-refractivity contribution in [2.75, 3.05) is 19.4 Å². The number of carbonyl (C=O) groups is 3. The third-order valence-corrected chi connectivity index (χ3v) is 5.98. The molecular weight excluding hydrogens is 390 g/mol. The van der Waals surface area contributed by atoms with Crippen molar-refractivity contribution >= 4 is 41.0 Å². The van der Waals surface area contributed by atoms with Gasteiger partial charge >= 0.3 is 5.97 Å². The predicted molar refractivity (Wildman–Crippen MR) is 103 cm³/mol. The zero-order chi connectivity index (χ0) is 19.6. The van der Waals surface area contributed by atoms with E-state index in [0.29, 0.717) is 13.2 Å². The van der Waals surface area contributed by atoms with E-state index in [9.17, 15) is 19.5 Å². The standard InChI is InChI=1S/C19H20ClNO5S/c1-27-19-16(17(24)12-6-2-3-7-14(12)20)13(9-15(22)23)18(25)21(19)10-11-5-4-8-26-11/h2-3,6-7,11,19H,4-5,8-10H2,1H3,(H,22,23). The van der Waals surface area contributed by atoms with E-state index in [0.717, 1.165) is 12.8 Å². The fourth-order valence-corrected chi connectivity index (χ4v) is 4.64. The van der Waals surface area contributed by atoms with E-state index in [1.54, 1.807) is 35.4 Å². The number of carboxylic acids is 1. The van der Waals surface area contributed by atoms with Crippen molar-refractivity contribution in [1.29, 1.82) is 0 Å². The molecule has 1 amide bonds. The number of hydrogen-bond acceptors (Lipinski definition) is 5. The largest absolute Gasteiger partial charge is 0.481 e. The number of carbonyl (C=O) groups excluding carboxylic acids is 2. The van der Waals surface area contributed by atoms with Crippen molar-refractivity contribution < 1.29 is 24.2 Å². The number of rotatable bonds is 7. The Labute approximate surface area is 166 Å². The molecule has 1 saturated heterocycles. The number of thioether (sulfide) groups is 1. The van der Waals surface area contributed by atoms with Crippen LogP contribution >= 0.6 is 23.4 Å². The summed E-state index contributed by atoms with van der Waals surface area (Å²) < 4.78 is 5.63. The summed E-state index contributed by atoms with van der Waals surface area (Å²) in [5.74, 6) is -1.97. The summed E-state index contributed by atoms with van der Waals surface area (Å²) in [4.78, 5) is 39.1. The van der Waals surface area contributed by atoms with E-state index in [1.165, 1.54) is 11.8 Å². The fourth-order valence-electron chi connectivity index (χ4n) is 3.49. The number of halogens is 1. The molecule has 0 aromatic heterocycles. The van der Waals surface area contributed by atoms with E-state index in [4.69, 9.17) is 16.3 Å². The van der Waals surface area contributed by atoms with Gasteiger partial charge in [0.2, 0.25) is 0 Å². The van der Waals surface area contributed by atoms with Gasteiger partial charge < -0.3 is 14.7 Å². The van der Waals surface area contributed by atoms with Crippen LogP contribution in [0.1, 0.15) is 29.6 Å². The zero-order valence-electron chi connectivity index (χ0n) is 14.8. The van der Waals surface area contributed by atoms with Gasteiger partial charge in [-0.15, -0.1) is 11.8 Å². The lowest BCUT2D eigenvalue weighted by Gasteiger charge is -2.27. The van der Waals surface area contributed by atoms with E-state index < -0.39 is 29.5 Å². The van der Waals surface area contributed by atoms with Crippen LogP contribution in [0.5, 0.6) is 0 Å². The minimum atomic E-state index is -1.15. The first-order valence-corrected chi connectivity index (χ1v) is 10.3. The lowest BCUT2D eigenvalue weighted by atomic mass is 9.98. The van der Waals surface area contributed by atoms with E-state index in [-0.39, 0.29) is 27.8 Å². The molecule has 0 radical (unpaired) electrons. The van der Waals surface area contributed by atoms with Gasteiger partial charge in [0.1, 0.15) is 5.37 Å². The monoisotopic (exact) mass is 409 g/mol. The predicted octanol–water partition coefficient (Wildman–Crippen LogP) is 3.00. The van der Waals surface area contributed by atoms with Crippen LogP contribution in [-0.2, 0) is 14.3 Å². The van der Waals surface area contributed by atoms with Crippen LogP contribution in [-0.4, -0.2) is 58.6 Å². The molecule has 2 heterocycles. The molecule has 27 heavy (non-hydrogen) atoms. The van der Waals surface area contributed by atoms with Gasteiger partial charge in [-0.05, 0) is 31.2 Å². The molecule has 1 fully saturated rings. The normalized spacial score (nSPS) is 22.6. The average molecular weight is 410 g/mol. The Hall–Kier alpha value is -1.83. The smallest absolute Gasteiger partial charge is 0.308 e. The van der Waals surface area contributed by atoms with Gasteiger partial charge in [-0.25, -0.2) is 0 Å². The maximum atomic E-state index is 13.2. The highest BCUT2D eigenvalue weighted by atomic mass is 35.5. The highest BCUT2D eigenvalue weighted by molar-refractivity contribution is 7.99. The Morgan fingerprint density at radius 3 is 2.70 bits per heavy atom. The number of ether oxygens (including phenoxy) is 1. The van der Waals surface area contributed by atoms with Crippen LogP contribution < -0.4 is 0 Å². The lowest BCUT2D eigenvalue weighted by Crippen LogP contribution is -2.40. The van der Waals surface area contributed by atoms with Crippen LogP contribution in [0, 0.1) is 0 Å². The molecule has 6 nitrogen and oxygen atoms in total. The first kappa shape index (κ1) is 19.9. The molecule has 144 valence electrons. The van der Waals surface area contributed by atoms with Crippen LogP contribution in [0.3, 0.4) is 0 Å². The second-order valence-electron chi connectivity index (χ2n) is 6.45. The van der Waals surface area contributed by atoms with Crippen molar-refractivity contribution in [3.05, 3.63) is 46.0 Å². The fraction of sp³-hybridized carbons (Fsp3) is 0.421. The minimum Gasteiger partial charge on any atom is -0.481 e. The van der Waals surface area contributed by atoms with Crippen molar-refractivity contribution in [2.45, 2.75) is 30.7 Å². The Morgan fingerprint density at radius 1 is 1.37 bits per heavy atom. The SMILES string of the molecule is CSC1C(C(=O)c2ccccc2Cl)=C(CC(=O)O)C(=O)N1CC1CCCO1. The number of nitrogens with zero attached hydrogens (tertiary/aromatic N) is 1. The topological polar surface area (TPSA) is 83.9 Å². The molecule has 2 unspecified atom stereocenters. The van der Waals surface area contributed by atoms with Crippen molar-refractivity contribution in [2.24, 2.45) is 0 Å². The summed E-state index contributed by atoms with van der Waals surface area (Å²) in [7, 11) is 0. The quantitative estimate of drug-likeness (QED) is 0.697. The van der Waals surface area contributed by atoms with Gasteiger partial charge in [-0.1, -0.05) is 23.7 Å². The summed E-state index contributed by atoms with van der Waals surface area (Å²) in [6, 6.07) is 6.58. The Kier molecular flexibility index (Phi) is 6.24. The molecule has 2 aliphatic heterocycles. The Bertz CT molecular complexity index is 803. The third-order valence-electron chi connectivity index (χ3n) is 4.71.